The second-order valence-electron chi connectivity index (χ2n) is 5.16. The smallest absolute Gasteiger partial charge is 0.326 e. The normalized spacial score (nSPS) is 13.6. The van der Waals surface area contributed by atoms with E-state index in [-0.39, 0.29) is 6.79 Å². The number of esters is 1. The van der Waals surface area contributed by atoms with Crippen LogP contribution in [-0.4, -0.2) is 52.3 Å². The third-order valence-electron chi connectivity index (χ3n) is 2.98. The van der Waals surface area contributed by atoms with Gasteiger partial charge in [-0.15, -0.1) is 0 Å². The lowest BCUT2D eigenvalue weighted by Crippen LogP contribution is -2.48. The van der Waals surface area contributed by atoms with Gasteiger partial charge >= 0.3 is 5.97 Å². The fourth-order valence-corrected chi connectivity index (χ4v) is 1.69. The van der Waals surface area contributed by atoms with Gasteiger partial charge in [-0.05, 0) is 33.1 Å². The Bertz CT molecular complexity index is 315. The van der Waals surface area contributed by atoms with E-state index in [1.807, 2.05) is 19.9 Å². The monoisotopic (exact) mass is 303 g/mol. The van der Waals surface area contributed by atoms with Crippen molar-refractivity contribution in [2.24, 2.45) is 5.73 Å². The summed E-state index contributed by atoms with van der Waals surface area (Å²) in [5.41, 5.74) is 6.29. The maximum Gasteiger partial charge on any atom is 0.326 e. The average molecular weight is 303 g/mol. The number of hydrogen-bond donors (Lipinski definition) is 1. The van der Waals surface area contributed by atoms with Gasteiger partial charge in [0.25, 0.3) is 0 Å². The van der Waals surface area contributed by atoms with E-state index in [4.69, 9.17) is 24.7 Å². The fourth-order valence-electron chi connectivity index (χ4n) is 1.69. The van der Waals surface area contributed by atoms with Crippen LogP contribution in [-0.2, 0) is 23.7 Å². The van der Waals surface area contributed by atoms with Crippen LogP contribution < -0.4 is 5.73 Å². The van der Waals surface area contributed by atoms with Crippen molar-refractivity contribution >= 4 is 5.97 Å². The van der Waals surface area contributed by atoms with E-state index in [0.29, 0.717) is 39.1 Å². The van der Waals surface area contributed by atoms with Crippen LogP contribution in [0.15, 0.2) is 11.6 Å². The highest BCUT2D eigenvalue weighted by molar-refractivity contribution is 5.80. The van der Waals surface area contributed by atoms with Crippen molar-refractivity contribution in [3.05, 3.63) is 11.6 Å². The molecule has 0 radical (unpaired) electrons. The van der Waals surface area contributed by atoms with Crippen LogP contribution in [0.1, 0.15) is 33.1 Å². The minimum Gasteiger partial charge on any atom is -0.468 e. The first-order valence-electron chi connectivity index (χ1n) is 7.11. The number of nitrogens with two attached hydrogens (primary N) is 1. The van der Waals surface area contributed by atoms with Gasteiger partial charge in [-0.2, -0.15) is 0 Å². The lowest BCUT2D eigenvalue weighted by atomic mass is 9.90. The zero-order chi connectivity index (χ0) is 16.1. The molecular formula is C15H29NO5. The summed E-state index contributed by atoms with van der Waals surface area (Å²) in [5.74, 6) is -0.392. The summed E-state index contributed by atoms with van der Waals surface area (Å²) < 4.78 is 20.1. The molecule has 0 aromatic rings. The third kappa shape index (κ3) is 9.57. The second kappa shape index (κ2) is 11.7. The number of ether oxygens (including phenoxy) is 4. The van der Waals surface area contributed by atoms with E-state index in [1.54, 1.807) is 7.11 Å². The van der Waals surface area contributed by atoms with E-state index in [1.165, 1.54) is 7.11 Å². The zero-order valence-electron chi connectivity index (χ0n) is 13.6. The molecule has 6 nitrogen and oxygen atoms in total. The molecule has 0 saturated carbocycles. The number of carbonyl (C=O) groups excluding carboxylic acids is 1. The molecule has 0 aliphatic heterocycles. The third-order valence-corrected chi connectivity index (χ3v) is 2.98. The number of hydrogen-bond acceptors (Lipinski definition) is 6. The summed E-state index contributed by atoms with van der Waals surface area (Å²) in [6, 6.07) is 0. The van der Waals surface area contributed by atoms with E-state index in [0.717, 1.165) is 5.57 Å². The number of methoxy groups -OCH3 is 2. The Kier molecular flexibility index (Phi) is 11.2. The summed E-state index contributed by atoms with van der Waals surface area (Å²) in [6.07, 6.45) is 3.58. The quantitative estimate of drug-likeness (QED) is 0.255. The Morgan fingerprint density at radius 3 is 2.38 bits per heavy atom. The van der Waals surface area contributed by atoms with Crippen LogP contribution in [0, 0.1) is 0 Å². The van der Waals surface area contributed by atoms with Crippen LogP contribution >= 0.6 is 0 Å². The van der Waals surface area contributed by atoms with Gasteiger partial charge in [-0.3, -0.25) is 4.79 Å². The molecule has 124 valence electrons. The molecule has 0 amide bonds. The first-order chi connectivity index (χ1) is 9.96. The largest absolute Gasteiger partial charge is 0.468 e. The highest BCUT2D eigenvalue weighted by Gasteiger charge is 2.33. The lowest BCUT2D eigenvalue weighted by molar-refractivity contribution is -0.147. The lowest BCUT2D eigenvalue weighted by Gasteiger charge is -2.25. The minimum absolute atomic E-state index is 0.215. The van der Waals surface area contributed by atoms with E-state index < -0.39 is 11.5 Å². The van der Waals surface area contributed by atoms with Gasteiger partial charge in [0.2, 0.25) is 0 Å². The van der Waals surface area contributed by atoms with Gasteiger partial charge in [0.15, 0.2) is 0 Å². The van der Waals surface area contributed by atoms with Crippen molar-refractivity contribution in [2.45, 2.75) is 38.6 Å². The molecule has 0 aliphatic carbocycles. The van der Waals surface area contributed by atoms with Gasteiger partial charge in [-0.25, -0.2) is 0 Å². The van der Waals surface area contributed by atoms with Crippen LogP contribution in [0.3, 0.4) is 0 Å². The predicted molar refractivity (Wildman–Crippen MR) is 80.9 cm³/mol. The van der Waals surface area contributed by atoms with Gasteiger partial charge in [0.05, 0.1) is 20.3 Å². The summed E-state index contributed by atoms with van der Waals surface area (Å²) in [6.45, 7) is 5.68. The van der Waals surface area contributed by atoms with Gasteiger partial charge in [-0.1, -0.05) is 11.6 Å². The number of allylic oxidation sites excluding steroid dienone is 1. The van der Waals surface area contributed by atoms with Crippen molar-refractivity contribution in [3.8, 4) is 0 Å². The highest BCUT2D eigenvalue weighted by atomic mass is 16.7. The molecule has 6 heteroatoms. The molecule has 0 rings (SSSR count). The zero-order valence-corrected chi connectivity index (χ0v) is 13.6. The Morgan fingerprint density at radius 1 is 1.14 bits per heavy atom. The maximum absolute atomic E-state index is 11.8. The summed E-state index contributed by atoms with van der Waals surface area (Å²) in [4.78, 5) is 11.8. The van der Waals surface area contributed by atoms with E-state index in [2.05, 4.69) is 0 Å². The summed E-state index contributed by atoms with van der Waals surface area (Å²) in [5, 5.41) is 0. The molecule has 0 aliphatic rings. The number of rotatable bonds is 12. The maximum atomic E-state index is 11.8. The van der Waals surface area contributed by atoms with Crippen LogP contribution in [0.25, 0.3) is 0 Å². The standard InChI is InChI=1S/C15H29NO5/c1-13(2)6-8-15(16,14(17)19-4)7-5-9-20-12-21-11-10-18-3/h6H,5,7-12,16H2,1-4H3/t15-/m0/s1. The molecule has 0 saturated heterocycles. The van der Waals surface area contributed by atoms with Crippen LogP contribution in [0.4, 0.5) is 0 Å². The predicted octanol–water partition coefficient (Wildman–Crippen LogP) is 1.63. The SMILES string of the molecule is COCCOCOCCC[C@](N)(CC=C(C)C)C(=O)OC. The molecule has 0 spiro atoms. The van der Waals surface area contributed by atoms with Gasteiger partial charge in [0, 0.05) is 13.7 Å². The Hall–Kier alpha value is -0.950. The van der Waals surface area contributed by atoms with E-state index in [9.17, 15) is 4.79 Å². The molecular weight excluding hydrogens is 274 g/mol. The van der Waals surface area contributed by atoms with Crippen LogP contribution in [0.2, 0.25) is 0 Å². The summed E-state index contributed by atoms with van der Waals surface area (Å²) in [7, 11) is 2.97. The Morgan fingerprint density at radius 2 is 1.81 bits per heavy atom. The first kappa shape index (κ1) is 20.1. The molecule has 1 atom stereocenters. The first-order valence-corrected chi connectivity index (χ1v) is 7.11. The highest BCUT2D eigenvalue weighted by Crippen LogP contribution is 2.18. The number of carbonyl (C=O) groups is 1. The molecule has 0 aromatic carbocycles. The van der Waals surface area contributed by atoms with Crippen molar-refractivity contribution in [2.75, 3.05) is 40.8 Å². The van der Waals surface area contributed by atoms with Gasteiger partial charge < -0.3 is 24.7 Å². The molecule has 0 aromatic heterocycles. The average Bonchev–Trinajstić information content (AvgIpc) is 2.47. The second-order valence-corrected chi connectivity index (χ2v) is 5.16. The van der Waals surface area contributed by atoms with Crippen LogP contribution in [0.5, 0.6) is 0 Å². The fraction of sp³-hybridized carbons (Fsp3) is 0.800. The Labute approximate surface area is 127 Å². The molecule has 0 unspecified atom stereocenters. The molecule has 21 heavy (non-hydrogen) atoms. The van der Waals surface area contributed by atoms with E-state index >= 15 is 0 Å². The van der Waals surface area contributed by atoms with Crippen molar-refractivity contribution < 1.29 is 23.7 Å². The topological polar surface area (TPSA) is 80.0 Å². The van der Waals surface area contributed by atoms with Crippen molar-refractivity contribution in [1.82, 2.24) is 0 Å². The van der Waals surface area contributed by atoms with Crippen molar-refractivity contribution in [1.29, 1.82) is 0 Å². The molecule has 0 heterocycles. The van der Waals surface area contributed by atoms with Crippen molar-refractivity contribution in [3.63, 3.8) is 0 Å². The molecule has 0 fully saturated rings. The molecule has 0 bridgehead atoms. The molecule has 2 N–H and O–H groups in total. The summed E-state index contributed by atoms with van der Waals surface area (Å²) >= 11 is 0. The van der Waals surface area contributed by atoms with Gasteiger partial charge in [0.1, 0.15) is 12.3 Å². The minimum atomic E-state index is -0.994. The Balaban J connectivity index is 4.02.